The Morgan fingerprint density at radius 2 is 1.33 bits per heavy atom. The van der Waals surface area contributed by atoms with Gasteiger partial charge in [0.25, 0.3) is 0 Å². The first-order valence-corrected chi connectivity index (χ1v) is 7.77. The smallest absolute Gasteiger partial charge is 0.0412 e. The van der Waals surface area contributed by atoms with E-state index in [4.69, 9.17) is 0 Å². The molecule has 0 spiro atoms. The fraction of sp³-hybridized carbons (Fsp3) is 1.00. The zero-order valence-corrected chi connectivity index (χ0v) is 9.95. The third kappa shape index (κ3) is 12.8. The third-order valence-electron chi connectivity index (χ3n) is 2.03. The molecule has 2 heteroatoms. The van der Waals surface area contributed by atoms with Crippen molar-refractivity contribution in [1.82, 2.24) is 0 Å². The minimum Gasteiger partial charge on any atom is -0.412 e. The van der Waals surface area contributed by atoms with Crippen molar-refractivity contribution < 1.29 is 5.48 Å². The van der Waals surface area contributed by atoms with Gasteiger partial charge in [0, 0.05) is 8.80 Å². The van der Waals surface area contributed by atoms with Crippen LogP contribution in [0, 0.1) is 0 Å². The van der Waals surface area contributed by atoms with Gasteiger partial charge in [0.2, 0.25) is 0 Å². The quantitative estimate of drug-likeness (QED) is 0.435. The Hall–Kier alpha value is 0.177. The predicted molar refractivity (Wildman–Crippen MR) is 59.3 cm³/mol. The maximum atomic E-state index is 2.41. The minimum atomic E-state index is 0. The van der Waals surface area contributed by atoms with Gasteiger partial charge in [-0.15, -0.1) is 0 Å². The van der Waals surface area contributed by atoms with E-state index in [9.17, 15) is 0 Å². The van der Waals surface area contributed by atoms with Gasteiger partial charge in [-0.05, 0) is 0 Å². The third-order valence-corrected chi connectivity index (χ3v) is 3.38. The summed E-state index contributed by atoms with van der Waals surface area (Å²) in [5.41, 5.74) is 0. The topological polar surface area (TPSA) is 31.5 Å². The van der Waals surface area contributed by atoms with Crippen LogP contribution in [0.4, 0.5) is 0 Å². The van der Waals surface area contributed by atoms with E-state index >= 15 is 0 Å². The molecule has 12 heavy (non-hydrogen) atoms. The second-order valence-corrected chi connectivity index (χ2v) is 6.64. The standard InChI is InChI=1S/C10H23Si.H2O/c1-4-5-6-7-8-9-10-11(2)3;/h4-10H2,1-3H3;1H2. The zero-order valence-electron chi connectivity index (χ0n) is 8.95. The zero-order chi connectivity index (χ0) is 8.53. The Balaban J connectivity index is 0. The molecule has 0 amide bonds. The summed E-state index contributed by atoms with van der Waals surface area (Å²) in [6.45, 7) is 7.10. The predicted octanol–water partition coefficient (Wildman–Crippen LogP) is 3.28. The van der Waals surface area contributed by atoms with E-state index in [1.54, 1.807) is 0 Å². The van der Waals surface area contributed by atoms with Crippen molar-refractivity contribution in [3.63, 3.8) is 0 Å². The second-order valence-electron chi connectivity index (χ2n) is 3.72. The van der Waals surface area contributed by atoms with E-state index in [2.05, 4.69) is 20.0 Å². The molecule has 0 aliphatic carbocycles. The van der Waals surface area contributed by atoms with E-state index in [1.807, 2.05) is 0 Å². The summed E-state index contributed by atoms with van der Waals surface area (Å²) in [6, 6.07) is 1.52. The van der Waals surface area contributed by atoms with Gasteiger partial charge in [-0.25, -0.2) is 0 Å². The van der Waals surface area contributed by atoms with Crippen LogP contribution in [0.25, 0.3) is 0 Å². The van der Waals surface area contributed by atoms with Crippen molar-refractivity contribution in [3.8, 4) is 0 Å². The second kappa shape index (κ2) is 11.2. The lowest BCUT2D eigenvalue weighted by atomic mass is 10.1. The van der Waals surface area contributed by atoms with Gasteiger partial charge in [0.05, 0.1) is 0 Å². The highest BCUT2D eigenvalue weighted by Gasteiger charge is 1.94. The van der Waals surface area contributed by atoms with E-state index < -0.39 is 0 Å². The first kappa shape index (κ1) is 14.7. The molecule has 0 atom stereocenters. The van der Waals surface area contributed by atoms with Crippen LogP contribution in [0.5, 0.6) is 0 Å². The van der Waals surface area contributed by atoms with Crippen molar-refractivity contribution >= 4 is 8.80 Å². The van der Waals surface area contributed by atoms with Gasteiger partial charge in [0.1, 0.15) is 0 Å². The lowest BCUT2D eigenvalue weighted by Crippen LogP contribution is -1.97. The molecule has 0 bridgehead atoms. The average Bonchev–Trinajstić information content (AvgIpc) is 1.96. The van der Waals surface area contributed by atoms with Gasteiger partial charge in [-0.3, -0.25) is 0 Å². The van der Waals surface area contributed by atoms with Gasteiger partial charge < -0.3 is 5.48 Å². The van der Waals surface area contributed by atoms with E-state index in [-0.39, 0.29) is 14.3 Å². The normalized spacial score (nSPS) is 10.0. The lowest BCUT2D eigenvalue weighted by molar-refractivity contribution is 0.623. The molecule has 1 nitrogen and oxygen atoms in total. The van der Waals surface area contributed by atoms with Crippen LogP contribution < -0.4 is 0 Å². The van der Waals surface area contributed by atoms with Gasteiger partial charge in [-0.1, -0.05) is 64.6 Å². The molecule has 0 fully saturated rings. The van der Waals surface area contributed by atoms with Crippen LogP contribution in [0.1, 0.15) is 45.4 Å². The summed E-state index contributed by atoms with van der Waals surface area (Å²) < 4.78 is 0. The Morgan fingerprint density at radius 3 is 1.83 bits per heavy atom. The molecular formula is C10H25OSi. The minimum absolute atomic E-state index is 0. The van der Waals surface area contributed by atoms with Gasteiger partial charge >= 0.3 is 0 Å². The Morgan fingerprint density at radius 1 is 0.833 bits per heavy atom. The van der Waals surface area contributed by atoms with E-state index in [0.717, 1.165) is 0 Å². The van der Waals surface area contributed by atoms with Crippen molar-refractivity contribution in [3.05, 3.63) is 0 Å². The molecule has 0 aromatic rings. The molecule has 0 aromatic heterocycles. The van der Waals surface area contributed by atoms with Crippen LogP contribution in [0.2, 0.25) is 19.1 Å². The van der Waals surface area contributed by atoms with Crippen LogP contribution in [-0.4, -0.2) is 14.3 Å². The molecule has 0 saturated carbocycles. The highest BCUT2D eigenvalue weighted by Crippen LogP contribution is 2.08. The first-order valence-electron chi connectivity index (χ1n) is 5.06. The Kier molecular flexibility index (Phi) is 13.7. The largest absolute Gasteiger partial charge is 0.412 e. The summed E-state index contributed by atoms with van der Waals surface area (Å²) in [4.78, 5) is 0. The average molecular weight is 189 g/mol. The van der Waals surface area contributed by atoms with E-state index in [0.29, 0.717) is 0 Å². The van der Waals surface area contributed by atoms with Crippen LogP contribution >= 0.6 is 0 Å². The molecule has 0 saturated heterocycles. The number of hydrogen-bond donors (Lipinski definition) is 0. The molecule has 0 heterocycles. The summed E-state index contributed by atoms with van der Waals surface area (Å²) in [6.07, 6.45) is 8.72. The molecule has 1 radical (unpaired) electrons. The molecule has 0 unspecified atom stereocenters. The molecular weight excluding hydrogens is 164 g/mol. The SMILES string of the molecule is CCCCCCCC[Si](C)C.O. The first-order chi connectivity index (χ1) is 5.27. The molecule has 0 aromatic carbocycles. The van der Waals surface area contributed by atoms with Gasteiger partial charge in [-0.2, -0.15) is 0 Å². The van der Waals surface area contributed by atoms with Crippen LogP contribution in [0.15, 0.2) is 0 Å². The van der Waals surface area contributed by atoms with Crippen LogP contribution in [0.3, 0.4) is 0 Å². The molecule has 0 aliphatic heterocycles. The van der Waals surface area contributed by atoms with Crippen molar-refractivity contribution in [2.75, 3.05) is 0 Å². The van der Waals surface area contributed by atoms with Crippen LogP contribution in [-0.2, 0) is 0 Å². The fourth-order valence-corrected chi connectivity index (χ4v) is 2.22. The monoisotopic (exact) mass is 189 g/mol. The summed E-state index contributed by atoms with van der Waals surface area (Å²) in [5.74, 6) is 0. The lowest BCUT2D eigenvalue weighted by Gasteiger charge is -2.01. The summed E-state index contributed by atoms with van der Waals surface area (Å²) in [5, 5.41) is 0. The van der Waals surface area contributed by atoms with Crippen molar-refractivity contribution in [1.29, 1.82) is 0 Å². The highest BCUT2D eigenvalue weighted by molar-refractivity contribution is 6.55. The number of unbranched alkanes of at least 4 members (excludes halogenated alkanes) is 5. The maximum Gasteiger partial charge on any atom is 0.0412 e. The van der Waals surface area contributed by atoms with Crippen molar-refractivity contribution in [2.24, 2.45) is 0 Å². The Labute approximate surface area is 79.5 Å². The summed E-state index contributed by atoms with van der Waals surface area (Å²) >= 11 is 0. The fourth-order valence-electron chi connectivity index (χ4n) is 1.26. The highest BCUT2D eigenvalue weighted by atomic mass is 28.3. The van der Waals surface area contributed by atoms with Crippen molar-refractivity contribution in [2.45, 2.75) is 64.6 Å². The number of hydrogen-bond acceptors (Lipinski definition) is 0. The molecule has 0 aliphatic rings. The molecule has 0 rings (SSSR count). The number of rotatable bonds is 7. The van der Waals surface area contributed by atoms with Gasteiger partial charge in [0.15, 0.2) is 0 Å². The molecule has 75 valence electrons. The Bertz CT molecular complexity index is 74.2. The molecule has 2 N–H and O–H groups in total. The summed E-state index contributed by atoms with van der Waals surface area (Å²) in [7, 11) is 0.0728. The maximum absolute atomic E-state index is 2.41. The van der Waals surface area contributed by atoms with E-state index in [1.165, 1.54) is 44.6 Å².